The van der Waals surface area contributed by atoms with Crippen molar-refractivity contribution in [2.45, 2.75) is 44.6 Å². The van der Waals surface area contributed by atoms with Gasteiger partial charge in [-0.3, -0.25) is 4.79 Å². The highest BCUT2D eigenvalue weighted by Gasteiger charge is 2.35. The van der Waals surface area contributed by atoms with Gasteiger partial charge >= 0.3 is 5.97 Å². The maximum atomic E-state index is 12.8. The van der Waals surface area contributed by atoms with Gasteiger partial charge in [0.25, 0.3) is 0 Å². The van der Waals surface area contributed by atoms with Crippen molar-refractivity contribution >= 4 is 5.97 Å². The van der Waals surface area contributed by atoms with Crippen molar-refractivity contribution in [3.8, 4) is 0 Å². The predicted octanol–water partition coefficient (Wildman–Crippen LogP) is 1.35. The Morgan fingerprint density at radius 1 is 1.47 bits per heavy atom. The first kappa shape index (κ1) is 12.4. The minimum atomic E-state index is -1.35. The van der Waals surface area contributed by atoms with Crippen LogP contribution in [0.3, 0.4) is 0 Å². The monoisotopic (exact) mass is 221 g/mol. The molecular weight excluding hydrogens is 204 g/mol. The van der Waals surface area contributed by atoms with Crippen molar-refractivity contribution in [3.05, 3.63) is 0 Å². The van der Waals surface area contributed by atoms with E-state index in [-0.39, 0.29) is 37.4 Å². The van der Waals surface area contributed by atoms with Gasteiger partial charge in [-0.2, -0.15) is 0 Å². The lowest BCUT2D eigenvalue weighted by Crippen LogP contribution is -2.29. The van der Waals surface area contributed by atoms with E-state index in [2.05, 4.69) is 0 Å². The molecule has 1 aliphatic rings. The summed E-state index contributed by atoms with van der Waals surface area (Å²) in [5.41, 5.74) is 5.67. The molecular formula is C10H17F2NO2. The molecule has 0 radical (unpaired) electrons. The third-order valence-corrected chi connectivity index (χ3v) is 2.65. The molecule has 0 heterocycles. The first-order chi connectivity index (χ1) is 6.99. The molecule has 0 aromatic heterocycles. The lowest BCUT2D eigenvalue weighted by molar-refractivity contribution is -0.141. The van der Waals surface area contributed by atoms with Crippen molar-refractivity contribution in [1.29, 1.82) is 0 Å². The average Bonchev–Trinajstić information content (AvgIpc) is 2.42. The summed E-state index contributed by atoms with van der Waals surface area (Å²) in [7, 11) is 0. The van der Waals surface area contributed by atoms with Crippen molar-refractivity contribution in [3.63, 3.8) is 0 Å². The molecule has 0 amide bonds. The van der Waals surface area contributed by atoms with Crippen LogP contribution in [0.25, 0.3) is 0 Å². The lowest BCUT2D eigenvalue weighted by atomic mass is 9.99. The topological polar surface area (TPSA) is 52.3 Å². The number of hydrogen-bond acceptors (Lipinski definition) is 3. The Morgan fingerprint density at radius 3 is 2.47 bits per heavy atom. The summed E-state index contributed by atoms with van der Waals surface area (Å²) in [6, 6.07) is -0.323. The molecule has 3 nitrogen and oxygen atoms in total. The van der Waals surface area contributed by atoms with Crippen LogP contribution in [0.1, 0.15) is 26.2 Å². The molecule has 5 heteroatoms. The van der Waals surface area contributed by atoms with E-state index in [0.29, 0.717) is 6.42 Å². The molecule has 0 spiro atoms. The number of hydrogen-bond donors (Lipinski definition) is 1. The molecule has 1 unspecified atom stereocenters. The van der Waals surface area contributed by atoms with Crippen molar-refractivity contribution in [1.82, 2.24) is 0 Å². The number of ether oxygens (including phenoxy) is 1. The minimum absolute atomic E-state index is 0.0273. The Balaban J connectivity index is 2.21. The molecule has 0 bridgehead atoms. The smallest absolute Gasteiger partial charge is 0.302 e. The number of esters is 1. The molecule has 1 rings (SSSR count). The maximum absolute atomic E-state index is 12.8. The Bertz CT molecular complexity index is 215. The van der Waals surface area contributed by atoms with Crippen LogP contribution >= 0.6 is 0 Å². The standard InChI is InChI=1S/C10H17F2NO2/c1-6(14)15-5-8(13)2-7-3-9(11)10(12)4-7/h7-10H,2-5,13H2,1H3/t7?,8-,9-,10+/m0/s1. The van der Waals surface area contributed by atoms with Gasteiger partial charge in [0.15, 0.2) is 0 Å². The first-order valence-corrected chi connectivity index (χ1v) is 5.16. The second-order valence-corrected chi connectivity index (χ2v) is 4.17. The summed E-state index contributed by atoms with van der Waals surface area (Å²) in [5.74, 6) is -0.413. The van der Waals surface area contributed by atoms with Crippen LogP contribution < -0.4 is 5.73 Å². The summed E-state index contributed by atoms with van der Waals surface area (Å²) in [4.78, 5) is 10.5. The third-order valence-electron chi connectivity index (χ3n) is 2.65. The minimum Gasteiger partial charge on any atom is -0.464 e. The molecule has 88 valence electrons. The number of nitrogens with two attached hydrogens (primary N) is 1. The predicted molar refractivity (Wildman–Crippen MR) is 51.7 cm³/mol. The van der Waals surface area contributed by atoms with Crippen LogP contribution in [0.5, 0.6) is 0 Å². The van der Waals surface area contributed by atoms with Gasteiger partial charge in [0, 0.05) is 13.0 Å². The molecule has 2 N–H and O–H groups in total. The van der Waals surface area contributed by atoms with Crippen LogP contribution in [-0.4, -0.2) is 31.0 Å². The van der Waals surface area contributed by atoms with Crippen LogP contribution in [0.2, 0.25) is 0 Å². The third kappa shape index (κ3) is 4.11. The second kappa shape index (κ2) is 5.39. The van der Waals surface area contributed by atoms with Gasteiger partial charge in [0.2, 0.25) is 0 Å². The van der Waals surface area contributed by atoms with Crippen LogP contribution in [0, 0.1) is 5.92 Å². The second-order valence-electron chi connectivity index (χ2n) is 4.17. The zero-order valence-electron chi connectivity index (χ0n) is 8.79. The van der Waals surface area contributed by atoms with E-state index >= 15 is 0 Å². The molecule has 0 aliphatic heterocycles. The quantitative estimate of drug-likeness (QED) is 0.729. The van der Waals surface area contributed by atoms with E-state index in [1.807, 2.05) is 0 Å². The number of rotatable bonds is 4. The number of carbonyl (C=O) groups is 1. The van der Waals surface area contributed by atoms with Gasteiger partial charge in [-0.25, -0.2) is 8.78 Å². The summed E-state index contributed by atoms with van der Waals surface area (Å²) >= 11 is 0. The van der Waals surface area contributed by atoms with E-state index in [4.69, 9.17) is 10.5 Å². The normalized spacial score (nSPS) is 32.7. The van der Waals surface area contributed by atoms with E-state index in [0.717, 1.165) is 0 Å². The van der Waals surface area contributed by atoms with E-state index in [1.165, 1.54) is 6.92 Å². The fourth-order valence-corrected chi connectivity index (χ4v) is 1.94. The van der Waals surface area contributed by atoms with Crippen LogP contribution in [0.15, 0.2) is 0 Å². The highest BCUT2D eigenvalue weighted by molar-refractivity contribution is 5.65. The Morgan fingerprint density at radius 2 is 2.00 bits per heavy atom. The molecule has 15 heavy (non-hydrogen) atoms. The fourth-order valence-electron chi connectivity index (χ4n) is 1.94. The molecule has 0 aromatic rings. The molecule has 0 aromatic carbocycles. The molecule has 1 aliphatic carbocycles. The van der Waals surface area contributed by atoms with Gasteiger partial charge in [0.05, 0.1) is 0 Å². The molecule has 4 atom stereocenters. The molecule has 1 saturated carbocycles. The van der Waals surface area contributed by atoms with Gasteiger partial charge in [-0.05, 0) is 25.2 Å². The molecule has 1 fully saturated rings. The van der Waals surface area contributed by atoms with E-state index < -0.39 is 12.3 Å². The van der Waals surface area contributed by atoms with Crippen LogP contribution in [-0.2, 0) is 9.53 Å². The Kier molecular flexibility index (Phi) is 4.45. The van der Waals surface area contributed by atoms with Gasteiger partial charge in [-0.15, -0.1) is 0 Å². The van der Waals surface area contributed by atoms with Crippen molar-refractivity contribution in [2.75, 3.05) is 6.61 Å². The molecule has 0 saturated heterocycles. The first-order valence-electron chi connectivity index (χ1n) is 5.16. The Labute approximate surface area is 88.0 Å². The lowest BCUT2D eigenvalue weighted by Gasteiger charge is -2.15. The van der Waals surface area contributed by atoms with E-state index in [1.54, 1.807) is 0 Å². The SMILES string of the molecule is CC(=O)OC[C@@H](N)CC1C[C@@H](F)[C@@H](F)C1. The number of carbonyl (C=O) groups excluding carboxylic acids is 1. The average molecular weight is 221 g/mol. The zero-order chi connectivity index (χ0) is 11.4. The van der Waals surface area contributed by atoms with Gasteiger partial charge in [-0.1, -0.05) is 0 Å². The van der Waals surface area contributed by atoms with Crippen LogP contribution in [0.4, 0.5) is 8.78 Å². The highest BCUT2D eigenvalue weighted by atomic mass is 19.2. The summed E-state index contributed by atoms with van der Waals surface area (Å²) in [5, 5.41) is 0. The number of alkyl halides is 2. The largest absolute Gasteiger partial charge is 0.464 e. The number of halogens is 2. The van der Waals surface area contributed by atoms with E-state index in [9.17, 15) is 13.6 Å². The zero-order valence-corrected chi connectivity index (χ0v) is 8.79. The van der Waals surface area contributed by atoms with Crippen molar-refractivity contribution in [2.24, 2.45) is 11.7 Å². The van der Waals surface area contributed by atoms with Gasteiger partial charge < -0.3 is 10.5 Å². The maximum Gasteiger partial charge on any atom is 0.302 e. The highest BCUT2D eigenvalue weighted by Crippen LogP contribution is 2.33. The summed E-state index contributed by atoms with van der Waals surface area (Å²) < 4.78 is 30.4. The summed E-state index contributed by atoms with van der Waals surface area (Å²) in [6.45, 7) is 1.43. The van der Waals surface area contributed by atoms with Gasteiger partial charge in [0.1, 0.15) is 19.0 Å². The van der Waals surface area contributed by atoms with Crippen molar-refractivity contribution < 1.29 is 18.3 Å². The Hall–Kier alpha value is -0.710. The fraction of sp³-hybridized carbons (Fsp3) is 0.900. The summed E-state index contributed by atoms with van der Waals surface area (Å²) in [6.07, 6.45) is -1.73.